The Hall–Kier alpha value is -2.81. The molecule has 3 rings (SSSR count). The molecular weight excluding hydrogens is 310 g/mol. The first-order chi connectivity index (χ1) is 12.2. The summed E-state index contributed by atoms with van der Waals surface area (Å²) in [5.41, 5.74) is 4.03. The van der Waals surface area contributed by atoms with Crippen LogP contribution in [0, 0.1) is 0 Å². The van der Waals surface area contributed by atoms with E-state index in [9.17, 15) is 4.79 Å². The van der Waals surface area contributed by atoms with E-state index in [4.69, 9.17) is 4.74 Å². The van der Waals surface area contributed by atoms with Crippen LogP contribution in [0.4, 0.5) is 5.69 Å². The third-order valence-corrected chi connectivity index (χ3v) is 4.64. The summed E-state index contributed by atoms with van der Waals surface area (Å²) in [6, 6.07) is 17.8. The van der Waals surface area contributed by atoms with Crippen LogP contribution in [-0.4, -0.2) is 13.0 Å². The molecule has 1 amide bonds. The molecule has 0 N–H and O–H groups in total. The number of allylic oxidation sites excluding steroid dienone is 1. The molecule has 0 saturated heterocycles. The zero-order chi connectivity index (χ0) is 17.8. The molecule has 1 unspecified atom stereocenters. The SMILES string of the molecule is C=CCC1=C(CC)C(=O)N(c2ccc(OC)cc2)C1c1ccccc1. The molecule has 0 fully saturated rings. The van der Waals surface area contributed by atoms with Gasteiger partial charge in [-0.05, 0) is 48.2 Å². The van der Waals surface area contributed by atoms with Gasteiger partial charge in [-0.1, -0.05) is 43.3 Å². The summed E-state index contributed by atoms with van der Waals surface area (Å²) in [6.45, 7) is 5.92. The Morgan fingerprint density at radius 1 is 1.12 bits per heavy atom. The summed E-state index contributed by atoms with van der Waals surface area (Å²) >= 11 is 0. The van der Waals surface area contributed by atoms with Crippen molar-refractivity contribution in [3.05, 3.63) is 84.0 Å². The average molecular weight is 333 g/mol. The molecule has 1 heterocycles. The maximum absolute atomic E-state index is 13.2. The van der Waals surface area contributed by atoms with Crippen LogP contribution in [0.15, 0.2) is 78.4 Å². The molecule has 1 aliphatic rings. The number of anilines is 1. The number of amides is 1. The van der Waals surface area contributed by atoms with Crippen molar-refractivity contribution in [1.82, 2.24) is 0 Å². The van der Waals surface area contributed by atoms with Crippen LogP contribution in [0.2, 0.25) is 0 Å². The Kier molecular flexibility index (Phi) is 5.03. The number of hydrogen-bond acceptors (Lipinski definition) is 2. The Balaban J connectivity index is 2.12. The fourth-order valence-electron chi connectivity index (χ4n) is 3.48. The quantitative estimate of drug-likeness (QED) is 0.691. The molecule has 0 spiro atoms. The summed E-state index contributed by atoms with van der Waals surface area (Å²) in [5.74, 6) is 0.861. The van der Waals surface area contributed by atoms with Gasteiger partial charge in [0.25, 0.3) is 5.91 Å². The first-order valence-electron chi connectivity index (χ1n) is 8.56. The molecule has 0 aliphatic carbocycles. The van der Waals surface area contributed by atoms with Crippen molar-refractivity contribution >= 4 is 11.6 Å². The van der Waals surface area contributed by atoms with Crippen LogP contribution in [-0.2, 0) is 4.79 Å². The van der Waals surface area contributed by atoms with Crippen molar-refractivity contribution < 1.29 is 9.53 Å². The summed E-state index contributed by atoms with van der Waals surface area (Å²) < 4.78 is 5.24. The van der Waals surface area contributed by atoms with Crippen LogP contribution >= 0.6 is 0 Å². The second kappa shape index (κ2) is 7.39. The maximum Gasteiger partial charge on any atom is 0.255 e. The maximum atomic E-state index is 13.2. The van der Waals surface area contributed by atoms with Gasteiger partial charge in [-0.15, -0.1) is 6.58 Å². The van der Waals surface area contributed by atoms with E-state index in [0.717, 1.165) is 34.6 Å². The molecule has 2 aromatic rings. The molecule has 0 aromatic heterocycles. The van der Waals surface area contributed by atoms with Crippen molar-refractivity contribution in [2.45, 2.75) is 25.8 Å². The van der Waals surface area contributed by atoms with Crippen molar-refractivity contribution in [2.24, 2.45) is 0 Å². The number of carbonyl (C=O) groups is 1. The van der Waals surface area contributed by atoms with Gasteiger partial charge in [-0.3, -0.25) is 9.69 Å². The Bertz CT molecular complexity index is 791. The largest absolute Gasteiger partial charge is 0.497 e. The monoisotopic (exact) mass is 333 g/mol. The Labute approximate surface area is 149 Å². The minimum Gasteiger partial charge on any atom is -0.497 e. The lowest BCUT2D eigenvalue weighted by Crippen LogP contribution is -2.30. The summed E-state index contributed by atoms with van der Waals surface area (Å²) in [4.78, 5) is 15.1. The van der Waals surface area contributed by atoms with Crippen LogP contribution in [0.25, 0.3) is 0 Å². The predicted molar refractivity (Wildman–Crippen MR) is 102 cm³/mol. The van der Waals surface area contributed by atoms with Gasteiger partial charge in [-0.25, -0.2) is 0 Å². The normalized spacial score (nSPS) is 17.1. The first-order valence-corrected chi connectivity index (χ1v) is 8.56. The van der Waals surface area contributed by atoms with Gasteiger partial charge in [-0.2, -0.15) is 0 Å². The highest BCUT2D eigenvalue weighted by atomic mass is 16.5. The van der Waals surface area contributed by atoms with Gasteiger partial charge in [0.2, 0.25) is 0 Å². The number of methoxy groups -OCH3 is 1. The van der Waals surface area contributed by atoms with E-state index < -0.39 is 0 Å². The molecule has 3 nitrogen and oxygen atoms in total. The van der Waals surface area contributed by atoms with Gasteiger partial charge in [0.05, 0.1) is 13.2 Å². The minimum atomic E-state index is -0.0879. The van der Waals surface area contributed by atoms with E-state index in [1.807, 2.05) is 60.4 Å². The lowest BCUT2D eigenvalue weighted by atomic mass is 9.94. The number of rotatable bonds is 6. The summed E-state index contributed by atoms with van der Waals surface area (Å²) in [7, 11) is 1.64. The number of nitrogens with zero attached hydrogens (tertiary/aromatic N) is 1. The van der Waals surface area contributed by atoms with Gasteiger partial charge in [0, 0.05) is 11.3 Å². The molecule has 25 heavy (non-hydrogen) atoms. The van der Waals surface area contributed by atoms with E-state index in [1.165, 1.54) is 0 Å². The standard InChI is InChI=1S/C22H23NO2/c1-4-9-20-19(5-2)22(24)23(17-12-14-18(25-3)15-13-17)21(20)16-10-7-6-8-11-16/h4,6-8,10-15,21H,1,5,9H2,2-3H3. The fourth-order valence-corrected chi connectivity index (χ4v) is 3.48. The summed E-state index contributed by atoms with van der Waals surface area (Å²) in [5, 5.41) is 0. The molecule has 2 aromatic carbocycles. The van der Waals surface area contributed by atoms with Gasteiger partial charge in [0.15, 0.2) is 0 Å². The topological polar surface area (TPSA) is 29.5 Å². The zero-order valence-electron chi connectivity index (χ0n) is 14.7. The first kappa shape index (κ1) is 17.0. The van der Waals surface area contributed by atoms with Crippen molar-refractivity contribution in [2.75, 3.05) is 12.0 Å². The highest BCUT2D eigenvalue weighted by Crippen LogP contribution is 2.43. The van der Waals surface area contributed by atoms with Crippen LogP contribution in [0.5, 0.6) is 5.75 Å². The molecule has 1 aliphatic heterocycles. The average Bonchev–Trinajstić information content (AvgIpc) is 2.94. The zero-order valence-corrected chi connectivity index (χ0v) is 14.7. The third kappa shape index (κ3) is 3.10. The smallest absolute Gasteiger partial charge is 0.255 e. The second-order valence-electron chi connectivity index (χ2n) is 6.04. The highest BCUT2D eigenvalue weighted by Gasteiger charge is 2.39. The van der Waals surface area contributed by atoms with Crippen molar-refractivity contribution in [1.29, 1.82) is 0 Å². The number of benzene rings is 2. The number of carbonyl (C=O) groups excluding carboxylic acids is 1. The Morgan fingerprint density at radius 2 is 1.80 bits per heavy atom. The van der Waals surface area contributed by atoms with E-state index >= 15 is 0 Å². The minimum absolute atomic E-state index is 0.0818. The van der Waals surface area contributed by atoms with Gasteiger partial charge < -0.3 is 4.74 Å². The van der Waals surface area contributed by atoms with E-state index in [2.05, 4.69) is 18.7 Å². The molecule has 3 heteroatoms. The molecule has 0 bridgehead atoms. The highest BCUT2D eigenvalue weighted by molar-refractivity contribution is 6.10. The lowest BCUT2D eigenvalue weighted by molar-refractivity contribution is -0.114. The second-order valence-corrected chi connectivity index (χ2v) is 6.04. The predicted octanol–water partition coefficient (Wildman–Crippen LogP) is 5.07. The van der Waals surface area contributed by atoms with Crippen LogP contribution in [0.3, 0.4) is 0 Å². The number of hydrogen-bond donors (Lipinski definition) is 0. The molecule has 1 atom stereocenters. The van der Waals surface area contributed by atoms with Crippen molar-refractivity contribution in [3.8, 4) is 5.75 Å². The van der Waals surface area contributed by atoms with Crippen molar-refractivity contribution in [3.63, 3.8) is 0 Å². The molecular formula is C22H23NO2. The van der Waals surface area contributed by atoms with E-state index in [0.29, 0.717) is 6.42 Å². The van der Waals surface area contributed by atoms with Crippen LogP contribution < -0.4 is 9.64 Å². The van der Waals surface area contributed by atoms with Gasteiger partial charge >= 0.3 is 0 Å². The molecule has 0 saturated carbocycles. The van der Waals surface area contributed by atoms with Gasteiger partial charge in [0.1, 0.15) is 5.75 Å². The fraction of sp³-hybridized carbons (Fsp3) is 0.227. The van der Waals surface area contributed by atoms with E-state index in [1.54, 1.807) is 7.11 Å². The summed E-state index contributed by atoms with van der Waals surface area (Å²) in [6.07, 6.45) is 3.31. The van der Waals surface area contributed by atoms with Crippen LogP contribution in [0.1, 0.15) is 31.4 Å². The number of ether oxygens (including phenoxy) is 1. The lowest BCUT2D eigenvalue weighted by Gasteiger charge is -2.28. The Morgan fingerprint density at radius 3 is 2.36 bits per heavy atom. The third-order valence-electron chi connectivity index (χ3n) is 4.64. The molecule has 0 radical (unpaired) electrons. The molecule has 128 valence electrons. The van der Waals surface area contributed by atoms with E-state index in [-0.39, 0.29) is 11.9 Å².